The second kappa shape index (κ2) is 11.4. The Morgan fingerprint density at radius 1 is 1.21 bits per heavy atom. The summed E-state index contributed by atoms with van der Waals surface area (Å²) < 4.78 is 26.3. The first kappa shape index (κ1) is 25.6. The van der Waals surface area contributed by atoms with E-state index in [9.17, 15) is 14.0 Å². The van der Waals surface area contributed by atoms with E-state index < -0.39 is 0 Å². The molecule has 1 N–H and O–H groups in total. The van der Waals surface area contributed by atoms with Crippen molar-refractivity contribution in [2.45, 2.75) is 39.5 Å². The maximum Gasteiger partial charge on any atom is 0.257 e. The van der Waals surface area contributed by atoms with Crippen LogP contribution >= 0.6 is 0 Å². The van der Waals surface area contributed by atoms with Gasteiger partial charge in [0.1, 0.15) is 18.2 Å². The van der Waals surface area contributed by atoms with Crippen molar-refractivity contribution < 1.29 is 23.5 Å². The Kier molecular flexibility index (Phi) is 8.63. The van der Waals surface area contributed by atoms with Crippen molar-refractivity contribution >= 4 is 17.5 Å². The summed E-state index contributed by atoms with van der Waals surface area (Å²) in [7, 11) is 3.38. The van der Waals surface area contributed by atoms with Gasteiger partial charge in [-0.1, -0.05) is 25.1 Å². The first-order valence-corrected chi connectivity index (χ1v) is 11.5. The number of rotatable bonds is 4. The van der Waals surface area contributed by atoms with Gasteiger partial charge in [-0.05, 0) is 31.0 Å². The average molecular weight is 472 g/mol. The predicted octanol–water partition coefficient (Wildman–Crippen LogP) is 3.79. The minimum absolute atomic E-state index is 0.0792. The Hall–Kier alpha value is -2.97. The van der Waals surface area contributed by atoms with Crippen LogP contribution in [-0.2, 0) is 16.1 Å². The van der Waals surface area contributed by atoms with E-state index in [2.05, 4.69) is 17.1 Å². The zero-order valence-corrected chi connectivity index (χ0v) is 20.5. The molecule has 0 bridgehead atoms. The lowest BCUT2D eigenvalue weighted by molar-refractivity contribution is -0.114. The van der Waals surface area contributed by atoms with Crippen molar-refractivity contribution in [1.29, 1.82) is 0 Å². The molecule has 3 rings (SSSR count). The number of halogens is 1. The summed E-state index contributed by atoms with van der Waals surface area (Å²) in [6, 6.07) is 11.7. The summed E-state index contributed by atoms with van der Waals surface area (Å²) in [6.07, 6.45) is -0.202. The molecular weight excluding hydrogens is 437 g/mol. The van der Waals surface area contributed by atoms with Crippen LogP contribution in [0.4, 0.5) is 10.1 Å². The van der Waals surface area contributed by atoms with Gasteiger partial charge in [0.15, 0.2) is 0 Å². The molecule has 1 aliphatic rings. The summed E-state index contributed by atoms with van der Waals surface area (Å²) in [5.74, 6) is -0.167. The number of nitrogens with zero attached hydrogens (tertiary/aromatic N) is 2. The Morgan fingerprint density at radius 2 is 1.94 bits per heavy atom. The number of anilines is 1. The number of hydrogen-bond acceptors (Lipinski definition) is 5. The van der Waals surface area contributed by atoms with Crippen molar-refractivity contribution in [2.75, 3.05) is 39.2 Å². The monoisotopic (exact) mass is 471 g/mol. The largest absolute Gasteiger partial charge is 0.491 e. The molecule has 0 spiro atoms. The third-order valence-electron chi connectivity index (χ3n) is 6.23. The van der Waals surface area contributed by atoms with Gasteiger partial charge in [-0.3, -0.25) is 14.5 Å². The average Bonchev–Trinajstić information content (AvgIpc) is 2.80. The smallest absolute Gasteiger partial charge is 0.257 e. The van der Waals surface area contributed by atoms with Crippen LogP contribution < -0.4 is 10.1 Å². The Balaban J connectivity index is 1.96. The van der Waals surface area contributed by atoms with Crippen LogP contribution in [0.15, 0.2) is 42.5 Å². The summed E-state index contributed by atoms with van der Waals surface area (Å²) in [5.41, 5.74) is 1.57. The zero-order valence-electron chi connectivity index (χ0n) is 20.5. The Labute approximate surface area is 200 Å². The summed E-state index contributed by atoms with van der Waals surface area (Å²) in [6.45, 7) is 7.26. The highest BCUT2D eigenvalue weighted by Gasteiger charge is 2.28. The van der Waals surface area contributed by atoms with Gasteiger partial charge in [-0.15, -0.1) is 0 Å². The van der Waals surface area contributed by atoms with Crippen molar-refractivity contribution in [3.63, 3.8) is 0 Å². The number of fused-ring (bicyclic) bond motifs is 1. The zero-order chi connectivity index (χ0) is 24.8. The summed E-state index contributed by atoms with van der Waals surface area (Å²) in [4.78, 5) is 28.6. The molecule has 0 fully saturated rings. The van der Waals surface area contributed by atoms with E-state index in [0.717, 1.165) is 0 Å². The molecule has 0 saturated heterocycles. The minimum atomic E-state index is -0.242. The van der Waals surface area contributed by atoms with Gasteiger partial charge in [-0.25, -0.2) is 4.39 Å². The van der Waals surface area contributed by atoms with E-state index in [4.69, 9.17) is 9.47 Å². The molecule has 2 aromatic carbocycles. The third-order valence-corrected chi connectivity index (χ3v) is 6.23. The number of methoxy groups -OCH3 is 1. The molecule has 1 aliphatic heterocycles. The van der Waals surface area contributed by atoms with Gasteiger partial charge in [0.25, 0.3) is 5.91 Å². The molecule has 1 heterocycles. The maximum atomic E-state index is 14.4. The van der Waals surface area contributed by atoms with E-state index in [0.29, 0.717) is 42.2 Å². The fraction of sp³-hybridized carbons (Fsp3) is 0.462. The SMILES string of the molecule is CO[C@@H]1CN(C)C(=O)c2ccc(NC(C)=O)cc2OC[C@H](C)N(Cc2ccccc2F)C[C@H]1C. The third kappa shape index (κ3) is 6.33. The van der Waals surface area contributed by atoms with Crippen LogP contribution in [-0.4, -0.2) is 67.6 Å². The lowest BCUT2D eigenvalue weighted by Gasteiger charge is -2.36. The standard InChI is InChI=1S/C26H34FN3O4/c1-17-13-30(14-20-8-6-7-9-23(20)27)18(2)16-34-24-12-21(28-19(3)31)10-11-22(24)26(32)29(4)15-25(17)33-5/h6-12,17-18,25H,13-16H2,1-5H3,(H,28,31)/t17-,18+,25-/m1/s1. The number of hydrogen-bond donors (Lipinski definition) is 1. The van der Waals surface area contributed by atoms with Gasteiger partial charge in [-0.2, -0.15) is 0 Å². The van der Waals surface area contributed by atoms with Crippen LogP contribution in [0.1, 0.15) is 36.7 Å². The van der Waals surface area contributed by atoms with Crippen LogP contribution in [0, 0.1) is 11.7 Å². The summed E-state index contributed by atoms with van der Waals surface area (Å²) >= 11 is 0. The highest BCUT2D eigenvalue weighted by atomic mass is 19.1. The topological polar surface area (TPSA) is 71.1 Å². The fourth-order valence-electron chi connectivity index (χ4n) is 4.19. The van der Waals surface area contributed by atoms with Gasteiger partial charge < -0.3 is 19.7 Å². The molecule has 0 unspecified atom stereocenters. The summed E-state index contributed by atoms with van der Waals surface area (Å²) in [5, 5.41) is 2.73. The van der Waals surface area contributed by atoms with Crippen LogP contribution in [0.5, 0.6) is 5.75 Å². The number of amides is 2. The van der Waals surface area contributed by atoms with E-state index in [1.807, 2.05) is 13.0 Å². The van der Waals surface area contributed by atoms with E-state index >= 15 is 0 Å². The molecular formula is C26H34FN3O4. The molecule has 2 amide bonds. The number of ether oxygens (including phenoxy) is 2. The number of carbonyl (C=O) groups excluding carboxylic acids is 2. The lowest BCUT2D eigenvalue weighted by Crippen LogP contribution is -2.46. The lowest BCUT2D eigenvalue weighted by atomic mass is 10.0. The Morgan fingerprint density at radius 3 is 2.62 bits per heavy atom. The molecule has 0 aliphatic carbocycles. The van der Waals surface area contributed by atoms with Gasteiger partial charge in [0.05, 0.1) is 11.7 Å². The number of benzene rings is 2. The highest BCUT2D eigenvalue weighted by molar-refractivity contribution is 5.98. The molecule has 0 radical (unpaired) electrons. The second-order valence-corrected chi connectivity index (χ2v) is 9.01. The molecule has 2 aromatic rings. The fourth-order valence-corrected chi connectivity index (χ4v) is 4.19. The normalized spacial score (nSPS) is 22.2. The van der Waals surface area contributed by atoms with Crippen LogP contribution in [0.2, 0.25) is 0 Å². The number of likely N-dealkylation sites (N-methyl/N-ethyl adjacent to an activating group) is 1. The Bertz CT molecular complexity index is 1020. The van der Waals surface area contributed by atoms with Gasteiger partial charge in [0.2, 0.25) is 5.91 Å². The van der Waals surface area contributed by atoms with E-state index in [1.165, 1.54) is 13.0 Å². The van der Waals surface area contributed by atoms with Crippen molar-refractivity contribution in [3.8, 4) is 5.75 Å². The first-order valence-electron chi connectivity index (χ1n) is 11.5. The van der Waals surface area contributed by atoms with Crippen molar-refractivity contribution in [3.05, 3.63) is 59.4 Å². The molecule has 3 atom stereocenters. The molecule has 0 aromatic heterocycles. The van der Waals surface area contributed by atoms with Crippen LogP contribution in [0.3, 0.4) is 0 Å². The molecule has 0 saturated carbocycles. The molecule has 7 nitrogen and oxygen atoms in total. The quantitative estimate of drug-likeness (QED) is 0.735. The highest BCUT2D eigenvalue weighted by Crippen LogP contribution is 2.27. The number of nitrogens with one attached hydrogen (secondary N) is 1. The molecule has 34 heavy (non-hydrogen) atoms. The van der Waals surface area contributed by atoms with Gasteiger partial charge >= 0.3 is 0 Å². The van der Waals surface area contributed by atoms with Crippen molar-refractivity contribution in [2.24, 2.45) is 5.92 Å². The van der Waals surface area contributed by atoms with Crippen molar-refractivity contribution in [1.82, 2.24) is 9.80 Å². The van der Waals surface area contributed by atoms with E-state index in [-0.39, 0.29) is 42.3 Å². The predicted molar refractivity (Wildman–Crippen MR) is 129 cm³/mol. The number of carbonyl (C=O) groups is 2. The molecule has 8 heteroatoms. The van der Waals surface area contributed by atoms with Gasteiger partial charge in [0, 0.05) is 64.1 Å². The molecule has 184 valence electrons. The second-order valence-electron chi connectivity index (χ2n) is 9.01. The maximum absolute atomic E-state index is 14.4. The van der Waals surface area contributed by atoms with Crippen LogP contribution in [0.25, 0.3) is 0 Å². The first-order chi connectivity index (χ1) is 16.2. The minimum Gasteiger partial charge on any atom is -0.491 e. The van der Waals surface area contributed by atoms with E-state index in [1.54, 1.807) is 49.4 Å².